The Morgan fingerprint density at radius 2 is 1.92 bits per heavy atom. The van der Waals surface area contributed by atoms with E-state index in [4.69, 9.17) is 9.47 Å². The number of ether oxygens (including phenoxy) is 2. The maximum absolute atomic E-state index is 13.1. The number of hydrogen-bond acceptors (Lipinski definition) is 3. The predicted octanol–water partition coefficient (Wildman–Crippen LogP) is 4.11. The number of benzene rings is 2. The van der Waals surface area contributed by atoms with Crippen molar-refractivity contribution in [3.8, 4) is 11.5 Å². The number of rotatable bonds is 6. The van der Waals surface area contributed by atoms with Gasteiger partial charge in [0.2, 0.25) is 0 Å². The first kappa shape index (κ1) is 17.1. The van der Waals surface area contributed by atoms with Gasteiger partial charge >= 0.3 is 0 Å². The molecule has 1 aliphatic rings. The summed E-state index contributed by atoms with van der Waals surface area (Å²) in [5.41, 5.74) is 1.72. The molecular formula is C19H20INO3. The van der Waals surface area contributed by atoms with E-state index in [0.717, 1.165) is 39.0 Å². The summed E-state index contributed by atoms with van der Waals surface area (Å²) in [7, 11) is 3.29. The van der Waals surface area contributed by atoms with Gasteiger partial charge in [0.05, 0.1) is 26.3 Å². The molecule has 1 amide bonds. The van der Waals surface area contributed by atoms with Crippen molar-refractivity contribution < 1.29 is 14.3 Å². The maximum atomic E-state index is 13.1. The number of carbonyl (C=O) groups excluding carboxylic acids is 1. The van der Waals surface area contributed by atoms with Gasteiger partial charge in [0, 0.05) is 15.2 Å². The zero-order valence-corrected chi connectivity index (χ0v) is 15.9. The average Bonchev–Trinajstić information content (AvgIpc) is 3.44. The summed E-state index contributed by atoms with van der Waals surface area (Å²) in [6, 6.07) is 13.7. The first-order chi connectivity index (χ1) is 11.6. The standard InChI is InChI=1S/C19H20INO3/c1-23-15-9-10-18(24-2)13(11-15)12-21(14-7-8-14)19(22)16-5-3-4-6-17(16)20/h3-6,9-11,14H,7-8,12H2,1-2H3. The van der Waals surface area contributed by atoms with E-state index in [9.17, 15) is 4.79 Å². The van der Waals surface area contributed by atoms with Crippen LogP contribution in [0.25, 0.3) is 0 Å². The van der Waals surface area contributed by atoms with Gasteiger partial charge in [-0.25, -0.2) is 0 Å². The van der Waals surface area contributed by atoms with Gasteiger partial charge in [0.25, 0.3) is 5.91 Å². The molecule has 0 atom stereocenters. The van der Waals surface area contributed by atoms with Gasteiger partial charge < -0.3 is 14.4 Å². The van der Waals surface area contributed by atoms with Crippen molar-refractivity contribution in [3.05, 3.63) is 57.2 Å². The molecule has 2 aromatic rings. The van der Waals surface area contributed by atoms with E-state index in [1.165, 1.54) is 0 Å². The van der Waals surface area contributed by atoms with Gasteiger partial charge in [-0.15, -0.1) is 0 Å². The number of hydrogen-bond donors (Lipinski definition) is 0. The van der Waals surface area contributed by atoms with Crippen LogP contribution in [0.15, 0.2) is 42.5 Å². The van der Waals surface area contributed by atoms with E-state index >= 15 is 0 Å². The minimum Gasteiger partial charge on any atom is -0.497 e. The van der Waals surface area contributed by atoms with Crippen LogP contribution in [-0.2, 0) is 6.54 Å². The molecule has 0 spiro atoms. The van der Waals surface area contributed by atoms with Crippen molar-refractivity contribution in [2.75, 3.05) is 14.2 Å². The molecule has 0 radical (unpaired) electrons. The number of halogens is 1. The fraction of sp³-hybridized carbons (Fsp3) is 0.316. The number of carbonyl (C=O) groups is 1. The van der Waals surface area contributed by atoms with Gasteiger partial charge in [-0.3, -0.25) is 4.79 Å². The van der Waals surface area contributed by atoms with Crippen LogP contribution in [0, 0.1) is 3.57 Å². The molecule has 0 aliphatic heterocycles. The van der Waals surface area contributed by atoms with Crippen LogP contribution in [0.5, 0.6) is 11.5 Å². The summed E-state index contributed by atoms with van der Waals surface area (Å²) in [6.45, 7) is 0.523. The van der Waals surface area contributed by atoms with Gasteiger partial charge in [-0.2, -0.15) is 0 Å². The van der Waals surface area contributed by atoms with Crippen LogP contribution in [-0.4, -0.2) is 31.1 Å². The fourth-order valence-corrected chi connectivity index (χ4v) is 3.35. The second-order valence-electron chi connectivity index (χ2n) is 5.82. The van der Waals surface area contributed by atoms with Crippen LogP contribution >= 0.6 is 22.6 Å². The second-order valence-corrected chi connectivity index (χ2v) is 6.98. The number of methoxy groups -OCH3 is 2. The van der Waals surface area contributed by atoms with Crippen LogP contribution < -0.4 is 9.47 Å². The monoisotopic (exact) mass is 437 g/mol. The molecule has 0 unspecified atom stereocenters. The van der Waals surface area contributed by atoms with Crippen molar-refractivity contribution in [2.45, 2.75) is 25.4 Å². The normalized spacial score (nSPS) is 13.5. The van der Waals surface area contributed by atoms with Crippen LogP contribution in [0.2, 0.25) is 0 Å². The van der Waals surface area contributed by atoms with Gasteiger partial charge in [-0.1, -0.05) is 12.1 Å². The second kappa shape index (κ2) is 7.42. The average molecular weight is 437 g/mol. The lowest BCUT2D eigenvalue weighted by atomic mass is 10.1. The Labute approximate surface area is 155 Å². The van der Waals surface area contributed by atoms with Crippen molar-refractivity contribution in [1.82, 2.24) is 4.90 Å². The van der Waals surface area contributed by atoms with E-state index in [1.54, 1.807) is 14.2 Å². The highest BCUT2D eigenvalue weighted by atomic mass is 127. The quantitative estimate of drug-likeness (QED) is 0.639. The zero-order chi connectivity index (χ0) is 17.1. The molecule has 0 saturated heterocycles. The summed E-state index contributed by atoms with van der Waals surface area (Å²) < 4.78 is 11.8. The van der Waals surface area contributed by atoms with Crippen molar-refractivity contribution in [3.63, 3.8) is 0 Å². The molecule has 126 valence electrons. The molecule has 1 saturated carbocycles. The molecule has 0 N–H and O–H groups in total. The summed E-state index contributed by atoms with van der Waals surface area (Å²) >= 11 is 2.22. The highest BCUT2D eigenvalue weighted by molar-refractivity contribution is 14.1. The molecule has 5 heteroatoms. The number of nitrogens with zero attached hydrogens (tertiary/aromatic N) is 1. The molecule has 0 aromatic heterocycles. The molecule has 0 heterocycles. The fourth-order valence-electron chi connectivity index (χ4n) is 2.73. The first-order valence-electron chi connectivity index (χ1n) is 7.90. The van der Waals surface area contributed by atoms with Crippen LogP contribution in [0.1, 0.15) is 28.8 Å². The van der Waals surface area contributed by atoms with Crippen molar-refractivity contribution in [1.29, 1.82) is 0 Å². The summed E-state index contributed by atoms with van der Waals surface area (Å²) in [4.78, 5) is 15.0. The Kier molecular flexibility index (Phi) is 5.28. The largest absolute Gasteiger partial charge is 0.497 e. The molecule has 2 aromatic carbocycles. The van der Waals surface area contributed by atoms with E-state index in [1.807, 2.05) is 47.4 Å². The summed E-state index contributed by atoms with van der Waals surface area (Å²) in [5.74, 6) is 1.62. The van der Waals surface area contributed by atoms with E-state index in [-0.39, 0.29) is 5.91 Å². The lowest BCUT2D eigenvalue weighted by Gasteiger charge is -2.24. The third kappa shape index (κ3) is 3.66. The van der Waals surface area contributed by atoms with Gasteiger partial charge in [0.15, 0.2) is 0 Å². The predicted molar refractivity (Wildman–Crippen MR) is 102 cm³/mol. The molecule has 1 fully saturated rings. The molecule has 3 rings (SSSR count). The Bertz CT molecular complexity index is 743. The molecular weight excluding hydrogens is 417 g/mol. The maximum Gasteiger partial charge on any atom is 0.255 e. The topological polar surface area (TPSA) is 38.8 Å². The molecule has 1 aliphatic carbocycles. The van der Waals surface area contributed by atoms with Crippen molar-refractivity contribution in [2.24, 2.45) is 0 Å². The highest BCUT2D eigenvalue weighted by Crippen LogP contribution is 2.33. The molecule has 24 heavy (non-hydrogen) atoms. The third-order valence-corrected chi connectivity index (χ3v) is 5.12. The first-order valence-corrected chi connectivity index (χ1v) is 8.98. The Morgan fingerprint density at radius 1 is 1.17 bits per heavy atom. The van der Waals surface area contributed by atoms with Gasteiger partial charge in [0.1, 0.15) is 11.5 Å². The Balaban J connectivity index is 1.90. The van der Waals surface area contributed by atoms with Gasteiger partial charge in [-0.05, 0) is 65.8 Å². The smallest absolute Gasteiger partial charge is 0.255 e. The summed E-state index contributed by atoms with van der Waals surface area (Å²) in [5, 5.41) is 0. The van der Waals surface area contributed by atoms with Crippen LogP contribution in [0.4, 0.5) is 0 Å². The van der Waals surface area contributed by atoms with E-state index in [2.05, 4.69) is 22.6 Å². The minimum atomic E-state index is 0.0763. The summed E-state index contributed by atoms with van der Waals surface area (Å²) in [6.07, 6.45) is 2.11. The van der Waals surface area contributed by atoms with E-state index < -0.39 is 0 Å². The minimum absolute atomic E-state index is 0.0763. The molecule has 4 nitrogen and oxygen atoms in total. The lowest BCUT2D eigenvalue weighted by Crippen LogP contribution is -2.33. The Morgan fingerprint density at radius 3 is 2.54 bits per heavy atom. The highest BCUT2D eigenvalue weighted by Gasteiger charge is 2.34. The SMILES string of the molecule is COc1ccc(OC)c(CN(C(=O)c2ccccc2I)C2CC2)c1. The lowest BCUT2D eigenvalue weighted by molar-refractivity contribution is 0.0727. The van der Waals surface area contributed by atoms with E-state index in [0.29, 0.717) is 12.6 Å². The zero-order valence-electron chi connectivity index (χ0n) is 13.8. The van der Waals surface area contributed by atoms with Crippen molar-refractivity contribution >= 4 is 28.5 Å². The number of amides is 1. The molecule has 0 bridgehead atoms. The van der Waals surface area contributed by atoms with Crippen LogP contribution in [0.3, 0.4) is 0 Å². The Hall–Kier alpha value is -1.76. The third-order valence-electron chi connectivity index (χ3n) is 4.18.